The molecule has 0 saturated carbocycles. The van der Waals surface area contributed by atoms with Gasteiger partial charge in [0.1, 0.15) is 0 Å². The smallest absolute Gasteiger partial charge is 0.289 e. The molecule has 0 fully saturated rings. The predicted octanol–water partition coefficient (Wildman–Crippen LogP) is 2.90. The topological polar surface area (TPSA) is 63.6 Å². The summed E-state index contributed by atoms with van der Waals surface area (Å²) < 4.78 is 1.62. The van der Waals surface area contributed by atoms with Crippen LogP contribution in [-0.2, 0) is 6.54 Å². The zero-order valence-corrected chi connectivity index (χ0v) is 12.4. The van der Waals surface area contributed by atoms with Crippen LogP contribution in [0.25, 0.3) is 22.6 Å². The summed E-state index contributed by atoms with van der Waals surface area (Å²) in [5.74, 6) is 0. The Labute approximate surface area is 129 Å². The van der Waals surface area contributed by atoms with Gasteiger partial charge < -0.3 is 0 Å². The van der Waals surface area contributed by atoms with Gasteiger partial charge in [-0.2, -0.15) is 11.3 Å². The van der Waals surface area contributed by atoms with Gasteiger partial charge in [0.2, 0.25) is 0 Å². The van der Waals surface area contributed by atoms with E-state index in [1.807, 2.05) is 47.2 Å². The average Bonchev–Trinajstić information content (AvgIpc) is 3.17. The molecule has 5 nitrogen and oxygen atoms in total. The summed E-state index contributed by atoms with van der Waals surface area (Å²) in [7, 11) is 0. The Balaban J connectivity index is 1.85. The first kappa shape index (κ1) is 13.0. The zero-order valence-electron chi connectivity index (χ0n) is 11.6. The second-order valence-electron chi connectivity index (χ2n) is 4.94. The van der Waals surface area contributed by atoms with Crippen LogP contribution < -0.4 is 5.69 Å². The summed E-state index contributed by atoms with van der Waals surface area (Å²) in [5.41, 5.74) is 3.74. The summed E-state index contributed by atoms with van der Waals surface area (Å²) >= 11 is 1.61. The van der Waals surface area contributed by atoms with Crippen LogP contribution in [-0.4, -0.2) is 19.5 Å². The van der Waals surface area contributed by atoms with E-state index in [4.69, 9.17) is 0 Å². The molecule has 0 atom stereocenters. The van der Waals surface area contributed by atoms with Crippen LogP contribution in [0.3, 0.4) is 0 Å². The van der Waals surface area contributed by atoms with Gasteiger partial charge >= 0.3 is 5.69 Å². The van der Waals surface area contributed by atoms with Crippen molar-refractivity contribution < 1.29 is 0 Å². The number of aromatic nitrogens is 4. The lowest BCUT2D eigenvalue weighted by Gasteiger charge is -2.03. The van der Waals surface area contributed by atoms with Crippen molar-refractivity contribution in [1.29, 1.82) is 0 Å². The number of imidazole rings is 1. The van der Waals surface area contributed by atoms with Gasteiger partial charge in [-0.25, -0.2) is 14.8 Å². The summed E-state index contributed by atoms with van der Waals surface area (Å²) in [5, 5.41) is 4.01. The number of benzene rings is 1. The Bertz CT molecular complexity index is 970. The molecule has 3 heterocycles. The largest absolute Gasteiger partial charge is 0.329 e. The Morgan fingerprint density at radius 3 is 2.82 bits per heavy atom. The van der Waals surface area contributed by atoms with Gasteiger partial charge in [-0.1, -0.05) is 30.3 Å². The monoisotopic (exact) mass is 308 g/mol. The first-order chi connectivity index (χ1) is 10.8. The average molecular weight is 308 g/mol. The van der Waals surface area contributed by atoms with Crippen LogP contribution in [0.2, 0.25) is 0 Å². The van der Waals surface area contributed by atoms with Crippen LogP contribution in [0.5, 0.6) is 0 Å². The lowest BCUT2D eigenvalue weighted by Crippen LogP contribution is -2.17. The molecule has 0 amide bonds. The highest BCUT2D eigenvalue weighted by Crippen LogP contribution is 2.20. The fourth-order valence-electron chi connectivity index (χ4n) is 2.38. The van der Waals surface area contributed by atoms with E-state index in [1.54, 1.807) is 22.1 Å². The van der Waals surface area contributed by atoms with Gasteiger partial charge in [0.05, 0.1) is 18.4 Å². The maximum Gasteiger partial charge on any atom is 0.329 e. The van der Waals surface area contributed by atoms with E-state index in [0.717, 1.165) is 16.8 Å². The molecule has 4 rings (SSSR count). The van der Waals surface area contributed by atoms with Gasteiger partial charge in [-0.3, -0.25) is 9.55 Å². The lowest BCUT2D eigenvalue weighted by atomic mass is 10.2. The first-order valence-electron chi connectivity index (χ1n) is 6.83. The molecule has 3 aromatic heterocycles. The molecule has 0 spiro atoms. The van der Waals surface area contributed by atoms with Gasteiger partial charge in [0, 0.05) is 10.9 Å². The zero-order chi connectivity index (χ0) is 14.9. The molecule has 1 aromatic carbocycles. The predicted molar refractivity (Wildman–Crippen MR) is 87.0 cm³/mol. The number of nitrogens with one attached hydrogen (secondary N) is 1. The third-order valence-electron chi connectivity index (χ3n) is 3.48. The Hall–Kier alpha value is -2.73. The molecule has 4 aromatic rings. The molecular formula is C16H12N4OS. The third kappa shape index (κ3) is 2.23. The minimum Gasteiger partial charge on any atom is -0.289 e. The molecule has 0 aliphatic rings. The van der Waals surface area contributed by atoms with Gasteiger partial charge in [-0.15, -0.1) is 0 Å². The number of thiophene rings is 1. The SMILES string of the molecule is O=c1[nH]c2ncc(-c3ccsc3)nc2n1Cc1ccccc1. The minimum absolute atomic E-state index is 0.193. The number of hydrogen-bond donors (Lipinski definition) is 1. The summed E-state index contributed by atoms with van der Waals surface area (Å²) in [6, 6.07) is 11.8. The van der Waals surface area contributed by atoms with Crippen molar-refractivity contribution in [2.24, 2.45) is 0 Å². The fraction of sp³-hybridized carbons (Fsp3) is 0.0625. The molecule has 0 radical (unpaired) electrons. The number of aromatic amines is 1. The lowest BCUT2D eigenvalue weighted by molar-refractivity contribution is 0.778. The van der Waals surface area contributed by atoms with Gasteiger partial charge in [0.25, 0.3) is 0 Å². The summed E-state index contributed by atoms with van der Waals surface area (Å²) in [6.45, 7) is 0.474. The van der Waals surface area contributed by atoms with E-state index in [1.165, 1.54) is 0 Å². The van der Waals surface area contributed by atoms with E-state index < -0.39 is 0 Å². The van der Waals surface area contributed by atoms with Crippen LogP contribution in [0.15, 0.2) is 58.1 Å². The Morgan fingerprint density at radius 2 is 2.05 bits per heavy atom. The van der Waals surface area contributed by atoms with Crippen LogP contribution in [0.1, 0.15) is 5.56 Å². The standard InChI is InChI=1S/C16H12N4OS/c21-16-19-14-15(20(16)9-11-4-2-1-3-5-11)18-13(8-17-14)12-6-7-22-10-12/h1-8,10H,9H2,(H,17,19,21). The van der Waals surface area contributed by atoms with Crippen molar-refractivity contribution in [1.82, 2.24) is 19.5 Å². The number of rotatable bonds is 3. The molecule has 108 valence electrons. The highest BCUT2D eigenvalue weighted by molar-refractivity contribution is 7.08. The molecule has 6 heteroatoms. The highest BCUT2D eigenvalue weighted by atomic mass is 32.1. The Morgan fingerprint density at radius 1 is 1.18 bits per heavy atom. The van der Waals surface area contributed by atoms with E-state index in [9.17, 15) is 4.79 Å². The number of fused-ring (bicyclic) bond motifs is 1. The van der Waals surface area contributed by atoms with Crippen molar-refractivity contribution in [2.45, 2.75) is 6.54 Å². The van der Waals surface area contributed by atoms with Crippen molar-refractivity contribution in [3.8, 4) is 11.3 Å². The van der Waals surface area contributed by atoms with Crippen LogP contribution in [0.4, 0.5) is 0 Å². The van der Waals surface area contributed by atoms with Crippen LogP contribution >= 0.6 is 11.3 Å². The number of H-pyrrole nitrogens is 1. The summed E-state index contributed by atoms with van der Waals surface area (Å²) in [6.07, 6.45) is 1.69. The molecule has 0 bridgehead atoms. The molecule has 0 aliphatic carbocycles. The first-order valence-corrected chi connectivity index (χ1v) is 7.77. The van der Waals surface area contributed by atoms with E-state index >= 15 is 0 Å². The second kappa shape index (κ2) is 5.23. The third-order valence-corrected chi connectivity index (χ3v) is 4.16. The molecule has 0 unspecified atom stereocenters. The number of nitrogens with zero attached hydrogens (tertiary/aromatic N) is 3. The van der Waals surface area contributed by atoms with E-state index in [-0.39, 0.29) is 5.69 Å². The van der Waals surface area contributed by atoms with E-state index in [2.05, 4.69) is 15.0 Å². The second-order valence-corrected chi connectivity index (χ2v) is 5.72. The normalized spacial score (nSPS) is 11.1. The van der Waals surface area contributed by atoms with E-state index in [0.29, 0.717) is 17.8 Å². The van der Waals surface area contributed by atoms with Crippen molar-refractivity contribution in [3.63, 3.8) is 0 Å². The molecular weight excluding hydrogens is 296 g/mol. The number of hydrogen-bond acceptors (Lipinski definition) is 4. The summed E-state index contributed by atoms with van der Waals surface area (Å²) in [4.78, 5) is 23.9. The molecule has 0 aliphatic heterocycles. The molecule has 1 N–H and O–H groups in total. The quantitative estimate of drug-likeness (QED) is 0.633. The molecule has 22 heavy (non-hydrogen) atoms. The van der Waals surface area contributed by atoms with Crippen molar-refractivity contribution >= 4 is 22.6 Å². The van der Waals surface area contributed by atoms with Crippen molar-refractivity contribution in [2.75, 3.05) is 0 Å². The Kier molecular flexibility index (Phi) is 3.08. The van der Waals surface area contributed by atoms with Crippen molar-refractivity contribution in [3.05, 3.63) is 69.4 Å². The van der Waals surface area contributed by atoms with Gasteiger partial charge in [-0.05, 0) is 17.0 Å². The molecule has 0 saturated heterocycles. The maximum atomic E-state index is 12.2. The van der Waals surface area contributed by atoms with Crippen LogP contribution in [0, 0.1) is 0 Å². The minimum atomic E-state index is -0.193. The highest BCUT2D eigenvalue weighted by Gasteiger charge is 2.11. The fourth-order valence-corrected chi connectivity index (χ4v) is 3.03. The maximum absolute atomic E-state index is 12.2. The van der Waals surface area contributed by atoms with Gasteiger partial charge in [0.15, 0.2) is 11.3 Å².